The van der Waals surface area contributed by atoms with Gasteiger partial charge >= 0.3 is 5.97 Å². The van der Waals surface area contributed by atoms with Crippen LogP contribution in [0.3, 0.4) is 0 Å². The number of esters is 1. The second-order valence-electron chi connectivity index (χ2n) is 7.71. The largest absolute Gasteiger partial charge is 0.466 e. The first-order valence-electron chi connectivity index (χ1n) is 7.85. The predicted octanol–water partition coefficient (Wildman–Crippen LogP) is 3.74. The summed E-state index contributed by atoms with van der Waals surface area (Å²) in [6.45, 7) is 17.2. The lowest BCUT2D eigenvalue weighted by atomic mass is 9.84. The summed E-state index contributed by atoms with van der Waals surface area (Å²) < 4.78 is 11.1. The molecular formula is C16H34O4Si. The van der Waals surface area contributed by atoms with Gasteiger partial charge in [-0.1, -0.05) is 20.8 Å². The average Bonchev–Trinajstić information content (AvgIpc) is 2.33. The lowest BCUT2D eigenvalue weighted by molar-refractivity contribution is -0.160. The van der Waals surface area contributed by atoms with Gasteiger partial charge < -0.3 is 14.3 Å². The van der Waals surface area contributed by atoms with Crippen molar-refractivity contribution in [2.24, 2.45) is 5.41 Å². The summed E-state index contributed by atoms with van der Waals surface area (Å²) in [5.41, 5.74) is -0.868. The van der Waals surface area contributed by atoms with Crippen LogP contribution in [-0.2, 0) is 14.0 Å². The van der Waals surface area contributed by atoms with E-state index in [1.54, 1.807) is 20.8 Å². The standard InChI is InChI=1S/C16H34O4Si/c1-9-19-14(18)16(5,6)13(17)11-10-12-20-21(7,8)15(2,3)4/h13,17H,9-12H2,1-8H3/t13-/m1/s1. The van der Waals surface area contributed by atoms with Gasteiger partial charge in [-0.25, -0.2) is 0 Å². The first-order chi connectivity index (χ1) is 9.36. The van der Waals surface area contributed by atoms with E-state index in [4.69, 9.17) is 9.16 Å². The number of aliphatic hydroxyl groups excluding tert-OH is 1. The van der Waals surface area contributed by atoms with Crippen LogP contribution in [0.5, 0.6) is 0 Å². The molecular weight excluding hydrogens is 284 g/mol. The van der Waals surface area contributed by atoms with Crippen molar-refractivity contribution in [1.82, 2.24) is 0 Å². The molecule has 0 unspecified atom stereocenters. The van der Waals surface area contributed by atoms with Crippen LogP contribution in [0.15, 0.2) is 0 Å². The fourth-order valence-corrected chi connectivity index (χ4v) is 2.72. The fraction of sp³-hybridized carbons (Fsp3) is 0.938. The van der Waals surface area contributed by atoms with Crippen molar-refractivity contribution < 1.29 is 19.1 Å². The Hall–Kier alpha value is -0.393. The average molecular weight is 319 g/mol. The molecule has 0 aliphatic heterocycles. The number of aliphatic hydroxyl groups is 1. The van der Waals surface area contributed by atoms with Crippen LogP contribution in [-0.4, -0.2) is 38.7 Å². The molecule has 4 nitrogen and oxygen atoms in total. The van der Waals surface area contributed by atoms with Gasteiger partial charge in [-0.3, -0.25) is 4.79 Å². The highest BCUT2D eigenvalue weighted by Crippen LogP contribution is 2.36. The van der Waals surface area contributed by atoms with Gasteiger partial charge in [0.15, 0.2) is 8.32 Å². The highest BCUT2D eigenvalue weighted by atomic mass is 28.4. The van der Waals surface area contributed by atoms with E-state index in [0.29, 0.717) is 19.6 Å². The van der Waals surface area contributed by atoms with Crippen LogP contribution >= 0.6 is 0 Å². The third-order valence-electron chi connectivity index (χ3n) is 4.53. The molecule has 0 aromatic heterocycles. The smallest absolute Gasteiger partial charge is 0.314 e. The zero-order valence-corrected chi connectivity index (χ0v) is 16.1. The number of carbonyl (C=O) groups is 1. The second kappa shape index (κ2) is 7.74. The highest BCUT2D eigenvalue weighted by Gasteiger charge is 2.38. The van der Waals surface area contributed by atoms with E-state index in [-0.39, 0.29) is 11.0 Å². The maximum absolute atomic E-state index is 11.8. The van der Waals surface area contributed by atoms with E-state index >= 15 is 0 Å². The van der Waals surface area contributed by atoms with Crippen molar-refractivity contribution in [3.8, 4) is 0 Å². The third-order valence-corrected chi connectivity index (χ3v) is 9.06. The monoisotopic (exact) mass is 318 g/mol. The SMILES string of the molecule is CCOC(=O)C(C)(C)[C@H](O)CCCO[Si](C)(C)C(C)(C)C. The maximum Gasteiger partial charge on any atom is 0.314 e. The van der Waals surface area contributed by atoms with Crippen molar-refractivity contribution in [2.45, 2.75) is 78.6 Å². The van der Waals surface area contributed by atoms with E-state index in [1.165, 1.54) is 0 Å². The zero-order chi connectivity index (χ0) is 16.9. The van der Waals surface area contributed by atoms with E-state index in [0.717, 1.165) is 6.42 Å². The minimum Gasteiger partial charge on any atom is -0.466 e. The Kier molecular flexibility index (Phi) is 7.60. The van der Waals surface area contributed by atoms with E-state index in [1.807, 2.05) is 0 Å². The number of carbonyl (C=O) groups excluding carboxylic acids is 1. The van der Waals surface area contributed by atoms with Gasteiger partial charge in [-0.15, -0.1) is 0 Å². The van der Waals surface area contributed by atoms with Gasteiger partial charge in [-0.05, 0) is 51.7 Å². The Bertz CT molecular complexity index is 332. The summed E-state index contributed by atoms with van der Waals surface area (Å²) in [7, 11) is -1.73. The normalized spacial score (nSPS) is 14.9. The van der Waals surface area contributed by atoms with Crippen molar-refractivity contribution in [3.63, 3.8) is 0 Å². The third kappa shape index (κ3) is 6.08. The topological polar surface area (TPSA) is 55.8 Å². The molecule has 0 aromatic rings. The molecule has 0 aromatic carbocycles. The van der Waals surface area contributed by atoms with Crippen LogP contribution in [0, 0.1) is 5.41 Å². The maximum atomic E-state index is 11.8. The van der Waals surface area contributed by atoms with Gasteiger partial charge in [0.2, 0.25) is 0 Å². The number of ether oxygens (including phenoxy) is 1. The zero-order valence-electron chi connectivity index (χ0n) is 15.1. The second-order valence-corrected chi connectivity index (χ2v) is 12.5. The van der Waals surface area contributed by atoms with Crippen LogP contribution in [0.1, 0.15) is 54.4 Å². The van der Waals surface area contributed by atoms with Gasteiger partial charge in [0.1, 0.15) is 0 Å². The van der Waals surface area contributed by atoms with E-state index in [2.05, 4.69) is 33.9 Å². The Morgan fingerprint density at radius 3 is 2.14 bits per heavy atom. The van der Waals surface area contributed by atoms with Crippen molar-refractivity contribution in [3.05, 3.63) is 0 Å². The van der Waals surface area contributed by atoms with Gasteiger partial charge in [0, 0.05) is 6.61 Å². The highest BCUT2D eigenvalue weighted by molar-refractivity contribution is 6.74. The molecule has 0 saturated heterocycles. The molecule has 0 radical (unpaired) electrons. The molecule has 0 rings (SSSR count). The summed E-state index contributed by atoms with van der Waals surface area (Å²) in [6.07, 6.45) is 0.580. The molecule has 0 aliphatic rings. The Morgan fingerprint density at radius 2 is 1.71 bits per heavy atom. The Labute approximate surface area is 131 Å². The molecule has 0 amide bonds. The Morgan fingerprint density at radius 1 is 1.19 bits per heavy atom. The van der Waals surface area contributed by atoms with Gasteiger partial charge in [0.05, 0.1) is 18.1 Å². The summed E-state index contributed by atoms with van der Waals surface area (Å²) >= 11 is 0. The first-order valence-corrected chi connectivity index (χ1v) is 10.8. The summed E-state index contributed by atoms with van der Waals surface area (Å²) in [4.78, 5) is 11.8. The van der Waals surface area contributed by atoms with Gasteiger partial charge in [0.25, 0.3) is 0 Å². The molecule has 0 saturated carbocycles. The molecule has 0 fully saturated rings. The fourth-order valence-electron chi connectivity index (χ4n) is 1.63. The van der Waals surface area contributed by atoms with Crippen LogP contribution in [0.25, 0.3) is 0 Å². The molecule has 1 N–H and O–H groups in total. The minimum absolute atomic E-state index is 0.190. The number of rotatable bonds is 8. The Balaban J connectivity index is 4.27. The quantitative estimate of drug-likeness (QED) is 0.421. The summed E-state index contributed by atoms with van der Waals surface area (Å²) in [6, 6.07) is 0. The number of hydrogen-bond acceptors (Lipinski definition) is 4. The summed E-state index contributed by atoms with van der Waals surface area (Å²) in [5, 5.41) is 10.4. The molecule has 126 valence electrons. The molecule has 1 atom stereocenters. The van der Waals surface area contributed by atoms with Crippen LogP contribution in [0.2, 0.25) is 18.1 Å². The predicted molar refractivity (Wildman–Crippen MR) is 88.8 cm³/mol. The molecule has 0 heterocycles. The molecule has 5 heteroatoms. The van der Waals surface area contributed by atoms with E-state index < -0.39 is 19.8 Å². The van der Waals surface area contributed by atoms with Crippen LogP contribution < -0.4 is 0 Å². The van der Waals surface area contributed by atoms with Crippen molar-refractivity contribution >= 4 is 14.3 Å². The number of hydrogen-bond donors (Lipinski definition) is 1. The van der Waals surface area contributed by atoms with Crippen molar-refractivity contribution in [2.75, 3.05) is 13.2 Å². The molecule has 0 spiro atoms. The van der Waals surface area contributed by atoms with Crippen molar-refractivity contribution in [1.29, 1.82) is 0 Å². The van der Waals surface area contributed by atoms with E-state index in [9.17, 15) is 9.90 Å². The summed E-state index contributed by atoms with van der Waals surface area (Å²) in [5.74, 6) is -0.345. The lowest BCUT2D eigenvalue weighted by Gasteiger charge is -2.36. The minimum atomic E-state index is -1.73. The van der Waals surface area contributed by atoms with Crippen LogP contribution in [0.4, 0.5) is 0 Å². The van der Waals surface area contributed by atoms with Gasteiger partial charge in [-0.2, -0.15) is 0 Å². The first kappa shape index (κ1) is 20.6. The molecule has 0 aliphatic carbocycles. The lowest BCUT2D eigenvalue weighted by Crippen LogP contribution is -2.41. The molecule has 21 heavy (non-hydrogen) atoms. The molecule has 0 bridgehead atoms.